The maximum Gasteiger partial charge on any atom is 0.246 e. The number of nitrogens with zero attached hydrogens (tertiary/aromatic N) is 1. The van der Waals surface area contributed by atoms with E-state index in [0.29, 0.717) is 20.8 Å². The Bertz CT molecular complexity index is 534. The lowest BCUT2D eigenvalue weighted by atomic mass is 10.1. The lowest BCUT2D eigenvalue weighted by Crippen LogP contribution is -2.28. The Morgan fingerprint density at radius 1 is 0.610 bits per heavy atom. The second-order valence-electron chi connectivity index (χ2n) is 12.2. The maximum absolute atomic E-state index is 11.5. The average molecular weight is 599 g/mol. The first-order chi connectivity index (χ1) is 20.2. The van der Waals surface area contributed by atoms with Crippen LogP contribution < -0.4 is 5.32 Å². The summed E-state index contributed by atoms with van der Waals surface area (Å²) in [5.41, 5.74) is 0. The number of amides is 1. The molecule has 0 fully saturated rings. The molecule has 0 spiro atoms. The first-order valence-corrected chi connectivity index (χ1v) is 19.9. The topological polar surface area (TPSA) is 69.6 Å². The summed E-state index contributed by atoms with van der Waals surface area (Å²) in [6.07, 6.45) is 37.0. The fraction of sp³-hybridized carbons (Fsp3) is 0.943. The monoisotopic (exact) mass is 599 g/mol. The van der Waals surface area contributed by atoms with Gasteiger partial charge in [0.1, 0.15) is 6.29 Å². The van der Waals surface area contributed by atoms with Crippen LogP contribution in [-0.2, 0) is 9.59 Å². The Morgan fingerprint density at radius 3 is 1.44 bits per heavy atom. The van der Waals surface area contributed by atoms with Gasteiger partial charge in [-0.1, -0.05) is 123 Å². The van der Waals surface area contributed by atoms with Crippen LogP contribution in [0.5, 0.6) is 0 Å². The van der Waals surface area contributed by atoms with Crippen molar-refractivity contribution < 1.29 is 14.8 Å². The summed E-state index contributed by atoms with van der Waals surface area (Å²) in [6, 6.07) is 0. The molecule has 0 aliphatic rings. The highest BCUT2D eigenvalue weighted by Gasteiger charge is 2.10. The normalized spacial score (nSPS) is 11.4. The third-order valence-corrected chi connectivity index (χ3v) is 11.1. The van der Waals surface area contributed by atoms with E-state index in [2.05, 4.69) is 19.2 Å². The van der Waals surface area contributed by atoms with Crippen molar-refractivity contribution >= 4 is 20.1 Å². The molecule has 0 atom stereocenters. The molecule has 5 nitrogen and oxygen atoms in total. The van der Waals surface area contributed by atoms with Crippen LogP contribution in [-0.4, -0.2) is 60.6 Å². The first kappa shape index (κ1) is 40.5. The molecule has 0 heterocycles. The van der Waals surface area contributed by atoms with Gasteiger partial charge in [-0.3, -0.25) is 10.0 Å². The van der Waals surface area contributed by atoms with Gasteiger partial charge in [-0.25, -0.2) is 5.06 Å². The number of nitrogens with one attached hydrogen (secondary N) is 1. The molecule has 1 amide bonds. The summed E-state index contributed by atoms with van der Waals surface area (Å²) in [6.45, 7) is 7.08. The minimum Gasteiger partial charge on any atom is -0.317 e. The Morgan fingerprint density at radius 2 is 1.00 bits per heavy atom. The summed E-state index contributed by atoms with van der Waals surface area (Å²) in [4.78, 5) is 21.8. The van der Waals surface area contributed by atoms with E-state index < -0.39 is 0 Å². The molecular weight excluding hydrogens is 527 g/mol. The van der Waals surface area contributed by atoms with Gasteiger partial charge in [-0.2, -0.15) is 0 Å². The van der Waals surface area contributed by atoms with E-state index in [4.69, 9.17) is 0 Å². The van der Waals surface area contributed by atoms with Gasteiger partial charge in [-0.05, 0) is 70.1 Å². The molecule has 0 unspecified atom stereocenters. The van der Waals surface area contributed by atoms with E-state index >= 15 is 0 Å². The Labute approximate surface area is 257 Å². The predicted octanol–water partition coefficient (Wildman–Crippen LogP) is 10.3. The lowest BCUT2D eigenvalue weighted by Gasteiger charge is -2.18. The smallest absolute Gasteiger partial charge is 0.246 e. The van der Waals surface area contributed by atoms with Crippen molar-refractivity contribution in [1.29, 1.82) is 0 Å². The largest absolute Gasteiger partial charge is 0.317 e. The van der Waals surface area contributed by atoms with Gasteiger partial charge < -0.3 is 10.1 Å². The van der Waals surface area contributed by atoms with E-state index in [1.54, 1.807) is 18.5 Å². The van der Waals surface area contributed by atoms with Crippen LogP contribution in [0.3, 0.4) is 0 Å². The van der Waals surface area contributed by atoms with Crippen molar-refractivity contribution in [3.63, 3.8) is 0 Å². The summed E-state index contributed by atoms with van der Waals surface area (Å²) >= 11 is 0. The number of rotatable bonds is 34. The molecule has 244 valence electrons. The van der Waals surface area contributed by atoms with Crippen molar-refractivity contribution in [3.8, 4) is 0 Å². The Kier molecular flexibility index (Phi) is 33.6. The number of aldehydes is 1. The highest BCUT2D eigenvalue weighted by Crippen LogP contribution is 2.39. The van der Waals surface area contributed by atoms with Crippen LogP contribution in [0.1, 0.15) is 174 Å². The van der Waals surface area contributed by atoms with E-state index in [-0.39, 0.29) is 18.7 Å². The van der Waals surface area contributed by atoms with Crippen LogP contribution >= 0.6 is 7.92 Å². The van der Waals surface area contributed by atoms with Crippen LogP contribution in [0.25, 0.3) is 0 Å². The van der Waals surface area contributed by atoms with Crippen molar-refractivity contribution in [3.05, 3.63) is 0 Å². The number of carbonyl (C=O) groups excluding carboxylic acids is 2. The van der Waals surface area contributed by atoms with E-state index in [9.17, 15) is 14.8 Å². The number of hydroxylamine groups is 2. The number of unbranched alkanes of at least 4 members (excludes halogenated alkanes) is 19. The second kappa shape index (κ2) is 34.0. The molecule has 0 rings (SSSR count). The number of carbonyl (C=O) groups is 2. The second-order valence-corrected chi connectivity index (χ2v) is 14.9. The average Bonchev–Trinajstić information content (AvgIpc) is 2.98. The molecule has 6 heteroatoms. The summed E-state index contributed by atoms with van der Waals surface area (Å²) in [5, 5.41) is 13.9. The zero-order valence-corrected chi connectivity index (χ0v) is 28.6. The molecule has 2 N–H and O–H groups in total. The Hall–Kier alpha value is -0.510. The van der Waals surface area contributed by atoms with Gasteiger partial charge in [0.05, 0.1) is 0 Å². The molecule has 0 aromatic heterocycles. The van der Waals surface area contributed by atoms with Crippen LogP contribution in [0.15, 0.2) is 0 Å². The zero-order chi connectivity index (χ0) is 30.1. The molecule has 41 heavy (non-hydrogen) atoms. The van der Waals surface area contributed by atoms with Gasteiger partial charge >= 0.3 is 0 Å². The summed E-state index contributed by atoms with van der Waals surface area (Å²) in [7, 11) is 0.297. The molecular formula is C35H71N2O3P. The molecule has 0 bridgehead atoms. The summed E-state index contributed by atoms with van der Waals surface area (Å²) < 4.78 is 0. The fourth-order valence-electron chi connectivity index (χ4n) is 5.46. The van der Waals surface area contributed by atoms with E-state index in [1.807, 2.05) is 0 Å². The highest BCUT2D eigenvalue weighted by molar-refractivity contribution is 7.57. The summed E-state index contributed by atoms with van der Waals surface area (Å²) in [5.74, 6) is -0.359. The van der Waals surface area contributed by atoms with Gasteiger partial charge in [0.2, 0.25) is 5.91 Å². The molecule has 0 saturated heterocycles. The van der Waals surface area contributed by atoms with Gasteiger partial charge in [0, 0.05) is 19.4 Å². The Balaban J connectivity index is 3.63. The molecule has 0 saturated carbocycles. The molecule has 0 radical (unpaired) electrons. The third kappa shape index (κ3) is 30.7. The number of hydrogen-bond acceptors (Lipinski definition) is 4. The SMILES string of the molecule is CCCCCCCCP(CCCCCCCC)CCCCCCCCCCNCCCCCN(O)C(=O)CCC=O. The number of hydrogen-bond donors (Lipinski definition) is 2. The molecule has 0 aromatic rings. The minimum atomic E-state index is -0.359. The van der Waals surface area contributed by atoms with Gasteiger partial charge in [-0.15, -0.1) is 7.92 Å². The van der Waals surface area contributed by atoms with Crippen molar-refractivity contribution in [2.75, 3.05) is 38.1 Å². The van der Waals surface area contributed by atoms with Crippen molar-refractivity contribution in [2.24, 2.45) is 0 Å². The minimum absolute atomic E-state index is 0.0986. The quantitative estimate of drug-likeness (QED) is 0.0254. The van der Waals surface area contributed by atoms with Crippen molar-refractivity contribution in [2.45, 2.75) is 174 Å². The zero-order valence-electron chi connectivity index (χ0n) is 27.7. The third-order valence-electron chi connectivity index (χ3n) is 8.22. The molecule has 0 aliphatic carbocycles. The highest BCUT2D eigenvalue weighted by atomic mass is 31.1. The van der Waals surface area contributed by atoms with Crippen LogP contribution in [0.4, 0.5) is 0 Å². The molecule has 0 aliphatic heterocycles. The lowest BCUT2D eigenvalue weighted by molar-refractivity contribution is -0.165. The standard InChI is InChI=1S/C35H71N2O3P/c1-3-5-7-9-16-23-32-41(33-24-17-10-8-6-4-2)34-25-18-14-12-11-13-15-20-28-36-29-21-19-22-30-37(40)35(39)27-26-31-38/h31,36,40H,3-30,32-34H2,1-2H3. The predicted molar refractivity (Wildman–Crippen MR) is 181 cm³/mol. The van der Waals surface area contributed by atoms with Crippen LogP contribution in [0.2, 0.25) is 0 Å². The van der Waals surface area contributed by atoms with E-state index in [0.717, 1.165) is 37.4 Å². The van der Waals surface area contributed by atoms with E-state index in [1.165, 1.54) is 128 Å². The van der Waals surface area contributed by atoms with Crippen molar-refractivity contribution in [1.82, 2.24) is 10.4 Å². The van der Waals surface area contributed by atoms with Gasteiger partial charge in [0.25, 0.3) is 0 Å². The van der Waals surface area contributed by atoms with Crippen LogP contribution in [0, 0.1) is 0 Å². The molecule has 0 aromatic carbocycles. The fourth-order valence-corrected chi connectivity index (χ4v) is 8.15. The first-order valence-electron chi connectivity index (χ1n) is 18.0. The maximum atomic E-state index is 11.5. The van der Waals surface area contributed by atoms with Gasteiger partial charge in [0.15, 0.2) is 0 Å².